The molecule has 0 saturated carbocycles. The minimum Gasteiger partial charge on any atom is -0.477 e. The molecule has 88 valence electrons. The van der Waals surface area contributed by atoms with Crippen LogP contribution in [0.5, 0.6) is 0 Å². The molecule has 4 nitrogen and oxygen atoms in total. The summed E-state index contributed by atoms with van der Waals surface area (Å²) in [5, 5.41) is 14.4. The first kappa shape index (κ1) is 11.7. The summed E-state index contributed by atoms with van der Waals surface area (Å²) in [5.74, 6) is -2.89. The number of carboxylic acid groups (broad SMARTS) is 1. The minimum absolute atomic E-state index is 0.0776. The Bertz CT molecular complexity index is 598. The Labute approximate surface area is 102 Å². The highest BCUT2D eigenvalue weighted by molar-refractivity contribution is 9.10. The number of aromatic carboxylic acids is 1. The van der Waals surface area contributed by atoms with Crippen LogP contribution in [0.1, 0.15) is 10.5 Å². The molecular weight excluding hydrogens is 298 g/mol. The van der Waals surface area contributed by atoms with Crippen molar-refractivity contribution in [3.8, 4) is 11.3 Å². The fourth-order valence-electron chi connectivity index (χ4n) is 1.32. The molecule has 17 heavy (non-hydrogen) atoms. The van der Waals surface area contributed by atoms with E-state index in [1.54, 1.807) is 0 Å². The van der Waals surface area contributed by atoms with Gasteiger partial charge in [-0.1, -0.05) is 0 Å². The van der Waals surface area contributed by atoms with Gasteiger partial charge < -0.3 is 5.11 Å². The van der Waals surface area contributed by atoms with Crippen LogP contribution in [0.3, 0.4) is 0 Å². The number of nitrogens with zero attached hydrogens (tertiary/aromatic N) is 1. The molecule has 0 amide bonds. The van der Waals surface area contributed by atoms with E-state index in [1.807, 2.05) is 0 Å². The van der Waals surface area contributed by atoms with Crippen LogP contribution in [0.15, 0.2) is 22.7 Å². The summed E-state index contributed by atoms with van der Waals surface area (Å²) in [6.45, 7) is 0. The normalized spacial score (nSPS) is 10.5. The smallest absolute Gasteiger partial charge is 0.353 e. The lowest BCUT2D eigenvalue weighted by Gasteiger charge is -2.02. The number of benzene rings is 1. The number of H-pyrrole nitrogens is 1. The summed E-state index contributed by atoms with van der Waals surface area (Å²) < 4.78 is 27.2. The van der Waals surface area contributed by atoms with Gasteiger partial charge in [0.05, 0.1) is 15.7 Å². The number of aromatic nitrogens is 2. The molecule has 0 unspecified atom stereocenters. The van der Waals surface area contributed by atoms with Crippen molar-refractivity contribution in [3.05, 3.63) is 40.0 Å². The molecule has 1 heterocycles. The average molecular weight is 303 g/mol. The molecule has 1 aromatic heterocycles. The summed E-state index contributed by atoms with van der Waals surface area (Å²) in [5.41, 5.74) is -0.708. The number of halogens is 3. The zero-order valence-corrected chi connectivity index (χ0v) is 9.75. The lowest BCUT2D eigenvalue weighted by Crippen LogP contribution is -1.95. The highest BCUT2D eigenvalue weighted by atomic mass is 79.9. The molecule has 2 aromatic rings. The number of hydrogen-bond donors (Lipinski definition) is 2. The highest BCUT2D eigenvalue weighted by Crippen LogP contribution is 2.29. The second kappa shape index (κ2) is 4.25. The van der Waals surface area contributed by atoms with Crippen LogP contribution < -0.4 is 0 Å². The van der Waals surface area contributed by atoms with E-state index in [-0.39, 0.29) is 21.4 Å². The third-order valence-corrected chi connectivity index (χ3v) is 2.72. The maximum atomic E-state index is 13.7. The van der Waals surface area contributed by atoms with E-state index in [4.69, 9.17) is 5.11 Å². The molecule has 0 saturated heterocycles. The largest absolute Gasteiger partial charge is 0.477 e. The topological polar surface area (TPSA) is 66.0 Å². The van der Waals surface area contributed by atoms with E-state index in [0.29, 0.717) is 0 Å². The van der Waals surface area contributed by atoms with Gasteiger partial charge in [0.1, 0.15) is 17.3 Å². The molecule has 0 spiro atoms. The third kappa shape index (κ3) is 2.05. The maximum Gasteiger partial charge on any atom is 0.353 e. The Balaban J connectivity index is 2.60. The van der Waals surface area contributed by atoms with Gasteiger partial charge in [-0.05, 0) is 34.1 Å². The first-order chi connectivity index (χ1) is 8.00. The number of carboxylic acids is 1. The zero-order valence-electron chi connectivity index (χ0n) is 8.17. The minimum atomic E-state index is -1.25. The van der Waals surface area contributed by atoms with Crippen molar-refractivity contribution in [1.29, 1.82) is 0 Å². The lowest BCUT2D eigenvalue weighted by atomic mass is 10.1. The van der Waals surface area contributed by atoms with Gasteiger partial charge in [0.15, 0.2) is 0 Å². The van der Waals surface area contributed by atoms with Gasteiger partial charge in [-0.15, -0.1) is 0 Å². The predicted molar refractivity (Wildman–Crippen MR) is 58.6 cm³/mol. The van der Waals surface area contributed by atoms with Gasteiger partial charge in [0.2, 0.25) is 0 Å². The second-order valence-corrected chi connectivity index (χ2v) is 4.04. The molecule has 2 N–H and O–H groups in total. The summed E-state index contributed by atoms with van der Waals surface area (Å²) in [6.07, 6.45) is 0. The van der Waals surface area contributed by atoms with Crippen molar-refractivity contribution in [2.24, 2.45) is 0 Å². The number of nitrogens with one attached hydrogen (secondary N) is 1. The molecule has 2 rings (SSSR count). The van der Waals surface area contributed by atoms with Crippen molar-refractivity contribution in [3.63, 3.8) is 0 Å². The van der Waals surface area contributed by atoms with Crippen molar-refractivity contribution < 1.29 is 18.7 Å². The van der Waals surface area contributed by atoms with Crippen molar-refractivity contribution in [2.75, 3.05) is 0 Å². The van der Waals surface area contributed by atoms with Crippen molar-refractivity contribution in [2.45, 2.75) is 0 Å². The standard InChI is InChI=1S/C10H5BrF2N2O2/c11-4-1-2-5(12)8(9(4)13)6-3-7(10(16)17)15-14-6/h1-3H,(H,14,15)(H,16,17). The van der Waals surface area contributed by atoms with E-state index in [9.17, 15) is 13.6 Å². The van der Waals surface area contributed by atoms with E-state index in [2.05, 4.69) is 26.1 Å². The number of carbonyl (C=O) groups is 1. The van der Waals surface area contributed by atoms with E-state index in [1.165, 1.54) is 6.07 Å². The van der Waals surface area contributed by atoms with Gasteiger partial charge >= 0.3 is 5.97 Å². The van der Waals surface area contributed by atoms with Crippen LogP contribution in [-0.4, -0.2) is 21.3 Å². The Morgan fingerprint density at radius 3 is 2.71 bits per heavy atom. The monoisotopic (exact) mass is 302 g/mol. The van der Waals surface area contributed by atoms with E-state index < -0.39 is 17.6 Å². The van der Waals surface area contributed by atoms with Crippen molar-refractivity contribution in [1.82, 2.24) is 10.2 Å². The zero-order chi connectivity index (χ0) is 12.6. The summed E-state index contributed by atoms with van der Waals surface area (Å²) in [7, 11) is 0. The summed E-state index contributed by atoms with van der Waals surface area (Å²) in [4.78, 5) is 10.6. The van der Waals surface area contributed by atoms with Gasteiger partial charge in [0.25, 0.3) is 0 Å². The third-order valence-electron chi connectivity index (χ3n) is 2.11. The molecule has 0 aliphatic rings. The molecule has 0 aliphatic heterocycles. The Morgan fingerprint density at radius 2 is 2.12 bits per heavy atom. The van der Waals surface area contributed by atoms with Crippen LogP contribution in [-0.2, 0) is 0 Å². The van der Waals surface area contributed by atoms with Crippen molar-refractivity contribution >= 4 is 21.9 Å². The van der Waals surface area contributed by atoms with Crippen LogP contribution in [0.2, 0.25) is 0 Å². The van der Waals surface area contributed by atoms with Gasteiger partial charge in [0, 0.05) is 0 Å². The molecule has 0 radical (unpaired) electrons. The van der Waals surface area contributed by atoms with Crippen LogP contribution in [0, 0.1) is 11.6 Å². The Hall–Kier alpha value is -1.76. The highest BCUT2D eigenvalue weighted by Gasteiger charge is 2.18. The number of aromatic amines is 1. The lowest BCUT2D eigenvalue weighted by molar-refractivity contribution is 0.0690. The number of rotatable bonds is 2. The van der Waals surface area contributed by atoms with E-state index >= 15 is 0 Å². The summed E-state index contributed by atoms with van der Waals surface area (Å²) >= 11 is 2.92. The van der Waals surface area contributed by atoms with Gasteiger partial charge in [-0.25, -0.2) is 13.6 Å². The SMILES string of the molecule is O=C(O)c1cc(-c2c(F)ccc(Br)c2F)n[nH]1. The second-order valence-electron chi connectivity index (χ2n) is 3.19. The Kier molecular flexibility index (Phi) is 2.93. The number of hydrogen-bond acceptors (Lipinski definition) is 2. The first-order valence-electron chi connectivity index (χ1n) is 4.43. The maximum absolute atomic E-state index is 13.7. The van der Waals surface area contributed by atoms with Gasteiger partial charge in [-0.3, -0.25) is 5.10 Å². The fourth-order valence-corrected chi connectivity index (χ4v) is 1.65. The van der Waals surface area contributed by atoms with Gasteiger partial charge in [-0.2, -0.15) is 5.10 Å². The predicted octanol–water partition coefficient (Wildman–Crippen LogP) is 2.82. The average Bonchev–Trinajstić information content (AvgIpc) is 2.73. The molecule has 0 fully saturated rings. The molecule has 1 aromatic carbocycles. The molecule has 7 heteroatoms. The Morgan fingerprint density at radius 1 is 1.41 bits per heavy atom. The van der Waals surface area contributed by atoms with Crippen LogP contribution in [0.4, 0.5) is 8.78 Å². The molecule has 0 atom stereocenters. The fraction of sp³-hybridized carbons (Fsp3) is 0. The molecule has 0 bridgehead atoms. The summed E-state index contributed by atoms with van der Waals surface area (Å²) in [6, 6.07) is 3.35. The molecular formula is C10H5BrF2N2O2. The van der Waals surface area contributed by atoms with Crippen LogP contribution >= 0.6 is 15.9 Å². The quantitative estimate of drug-likeness (QED) is 0.838. The molecule has 0 aliphatic carbocycles. The first-order valence-corrected chi connectivity index (χ1v) is 5.22. The van der Waals surface area contributed by atoms with E-state index in [0.717, 1.165) is 12.1 Å². The van der Waals surface area contributed by atoms with Crippen LogP contribution in [0.25, 0.3) is 11.3 Å².